The van der Waals surface area contributed by atoms with Gasteiger partial charge >= 0.3 is 0 Å². The highest BCUT2D eigenvalue weighted by atomic mass is 16.6. The molecule has 0 bridgehead atoms. The fourth-order valence-corrected chi connectivity index (χ4v) is 1.53. The van der Waals surface area contributed by atoms with Crippen LogP contribution in [-0.2, 0) is 0 Å². The van der Waals surface area contributed by atoms with Crippen LogP contribution < -0.4 is 22.5 Å². The van der Waals surface area contributed by atoms with Gasteiger partial charge in [0.1, 0.15) is 0 Å². The number of nitrogens with zero attached hydrogens (tertiary/aromatic N) is 2. The third kappa shape index (κ3) is 2.94. The summed E-state index contributed by atoms with van der Waals surface area (Å²) in [6.07, 6.45) is 0. The van der Waals surface area contributed by atoms with Gasteiger partial charge in [-0.05, 0) is 28.5 Å². The SMILES string of the molecule is NC(=O)c1cc(NC(=O)c2nonc2N)cc(C(N)=O)c1. The van der Waals surface area contributed by atoms with Gasteiger partial charge in [0.2, 0.25) is 23.3 Å². The van der Waals surface area contributed by atoms with Crippen LogP contribution in [0, 0.1) is 0 Å². The first kappa shape index (κ1) is 14.0. The molecule has 0 fully saturated rings. The Kier molecular flexibility index (Phi) is 3.52. The van der Waals surface area contributed by atoms with Crippen LogP contribution >= 0.6 is 0 Å². The minimum Gasteiger partial charge on any atom is -0.379 e. The molecule has 3 amide bonds. The Morgan fingerprint density at radius 2 is 1.57 bits per heavy atom. The Labute approximate surface area is 117 Å². The zero-order valence-corrected chi connectivity index (χ0v) is 10.5. The maximum atomic E-state index is 11.9. The van der Waals surface area contributed by atoms with E-state index in [1.807, 2.05) is 0 Å². The van der Waals surface area contributed by atoms with Gasteiger partial charge in [-0.15, -0.1) is 0 Å². The topological polar surface area (TPSA) is 180 Å². The van der Waals surface area contributed by atoms with Crippen LogP contribution in [0.1, 0.15) is 31.2 Å². The van der Waals surface area contributed by atoms with Gasteiger partial charge < -0.3 is 22.5 Å². The van der Waals surface area contributed by atoms with Gasteiger partial charge in [0.15, 0.2) is 0 Å². The third-order valence-electron chi connectivity index (χ3n) is 2.49. The number of nitrogens with two attached hydrogens (primary N) is 3. The van der Waals surface area contributed by atoms with E-state index in [2.05, 4.69) is 20.3 Å². The summed E-state index contributed by atoms with van der Waals surface area (Å²) in [5.74, 6) is -2.49. The first-order chi connectivity index (χ1) is 9.88. The lowest BCUT2D eigenvalue weighted by atomic mass is 10.1. The number of carbonyl (C=O) groups excluding carboxylic acids is 3. The molecule has 10 nitrogen and oxygen atoms in total. The molecule has 0 aliphatic carbocycles. The van der Waals surface area contributed by atoms with Gasteiger partial charge in [-0.25, -0.2) is 4.63 Å². The Morgan fingerprint density at radius 1 is 1.00 bits per heavy atom. The number of anilines is 2. The van der Waals surface area contributed by atoms with E-state index in [4.69, 9.17) is 17.2 Å². The van der Waals surface area contributed by atoms with Crippen molar-refractivity contribution in [1.82, 2.24) is 10.3 Å². The summed E-state index contributed by atoms with van der Waals surface area (Å²) in [4.78, 5) is 34.3. The number of hydrogen-bond acceptors (Lipinski definition) is 7. The average molecular weight is 290 g/mol. The quantitative estimate of drug-likeness (QED) is 0.562. The molecule has 0 aliphatic heterocycles. The minimum absolute atomic E-state index is 0.00727. The molecule has 0 aliphatic rings. The second-order valence-corrected chi connectivity index (χ2v) is 3.98. The molecular weight excluding hydrogens is 280 g/mol. The molecule has 108 valence electrons. The Balaban J connectivity index is 2.35. The molecule has 2 aromatic rings. The number of primary amides is 2. The maximum absolute atomic E-state index is 11.9. The predicted octanol–water partition coefficient (Wildman–Crippen LogP) is -0.898. The van der Waals surface area contributed by atoms with Crippen molar-refractivity contribution >= 4 is 29.2 Å². The minimum atomic E-state index is -0.781. The summed E-state index contributed by atoms with van der Waals surface area (Å²) in [5, 5.41) is 8.95. The molecule has 21 heavy (non-hydrogen) atoms. The standard InChI is InChI=1S/C11H10N6O4/c12-8-7(16-21-17-8)11(20)15-6-2-4(9(13)18)1-5(3-6)10(14)19/h1-3H,(H2,12,17)(H2,13,18)(H2,14,19)(H,15,20). The van der Waals surface area contributed by atoms with Crippen molar-refractivity contribution in [2.24, 2.45) is 11.5 Å². The second kappa shape index (κ2) is 5.28. The van der Waals surface area contributed by atoms with Gasteiger partial charge in [-0.3, -0.25) is 14.4 Å². The number of carbonyl (C=O) groups is 3. The average Bonchev–Trinajstić information content (AvgIpc) is 2.84. The van der Waals surface area contributed by atoms with Crippen molar-refractivity contribution in [3.05, 3.63) is 35.0 Å². The third-order valence-corrected chi connectivity index (χ3v) is 2.49. The molecule has 0 atom stereocenters. The lowest BCUT2D eigenvalue weighted by Gasteiger charge is -2.07. The van der Waals surface area contributed by atoms with Crippen molar-refractivity contribution in [2.75, 3.05) is 11.1 Å². The molecule has 1 aromatic carbocycles. The van der Waals surface area contributed by atoms with Crippen LogP contribution in [0.25, 0.3) is 0 Å². The normalized spacial score (nSPS) is 10.1. The molecule has 0 radical (unpaired) electrons. The highest BCUT2D eigenvalue weighted by Gasteiger charge is 2.17. The van der Waals surface area contributed by atoms with E-state index < -0.39 is 17.7 Å². The fraction of sp³-hybridized carbons (Fsp3) is 0. The van der Waals surface area contributed by atoms with E-state index in [1.165, 1.54) is 18.2 Å². The van der Waals surface area contributed by atoms with Crippen LogP contribution in [-0.4, -0.2) is 28.0 Å². The van der Waals surface area contributed by atoms with E-state index in [0.29, 0.717) is 0 Å². The summed E-state index contributed by atoms with van der Waals surface area (Å²) in [6.45, 7) is 0. The zero-order chi connectivity index (χ0) is 15.6. The molecule has 1 heterocycles. The van der Waals surface area contributed by atoms with Gasteiger partial charge in [0.25, 0.3) is 5.91 Å². The highest BCUT2D eigenvalue weighted by molar-refractivity contribution is 6.07. The van der Waals surface area contributed by atoms with E-state index in [-0.39, 0.29) is 28.3 Å². The number of hydrogen-bond donors (Lipinski definition) is 4. The second-order valence-electron chi connectivity index (χ2n) is 3.98. The molecule has 1 aromatic heterocycles. The number of nitrogens with one attached hydrogen (secondary N) is 1. The van der Waals surface area contributed by atoms with E-state index in [0.717, 1.165) is 0 Å². The van der Waals surface area contributed by atoms with Crippen LogP contribution in [0.15, 0.2) is 22.8 Å². The van der Waals surface area contributed by atoms with Gasteiger partial charge in [0, 0.05) is 16.8 Å². The summed E-state index contributed by atoms with van der Waals surface area (Å²) in [7, 11) is 0. The number of amides is 3. The Hall–Kier alpha value is -3.43. The largest absolute Gasteiger partial charge is 0.379 e. The van der Waals surface area contributed by atoms with Crippen LogP contribution in [0.5, 0.6) is 0 Å². The molecule has 7 N–H and O–H groups in total. The van der Waals surface area contributed by atoms with E-state index >= 15 is 0 Å². The molecule has 0 unspecified atom stereocenters. The highest BCUT2D eigenvalue weighted by Crippen LogP contribution is 2.16. The van der Waals surface area contributed by atoms with Gasteiger partial charge in [-0.1, -0.05) is 0 Å². The van der Waals surface area contributed by atoms with Crippen molar-refractivity contribution in [3.63, 3.8) is 0 Å². The zero-order valence-electron chi connectivity index (χ0n) is 10.5. The molecule has 0 saturated heterocycles. The lowest BCUT2D eigenvalue weighted by Crippen LogP contribution is -2.18. The molecule has 10 heteroatoms. The smallest absolute Gasteiger partial charge is 0.281 e. The Morgan fingerprint density at radius 3 is 2.00 bits per heavy atom. The summed E-state index contributed by atoms with van der Waals surface area (Å²) in [5.41, 5.74) is 15.6. The number of nitrogen functional groups attached to an aromatic ring is 1. The number of aromatic nitrogens is 2. The van der Waals surface area contributed by atoms with E-state index in [9.17, 15) is 14.4 Å². The van der Waals surface area contributed by atoms with Crippen LogP contribution in [0.3, 0.4) is 0 Å². The monoisotopic (exact) mass is 290 g/mol. The molecule has 0 saturated carbocycles. The van der Waals surface area contributed by atoms with Crippen LogP contribution in [0.4, 0.5) is 11.5 Å². The summed E-state index contributed by atoms with van der Waals surface area (Å²) in [6, 6.07) is 3.76. The van der Waals surface area contributed by atoms with Gasteiger partial charge in [0.05, 0.1) is 0 Å². The maximum Gasteiger partial charge on any atom is 0.281 e. The number of rotatable bonds is 4. The lowest BCUT2D eigenvalue weighted by molar-refractivity contribution is 0.0991. The van der Waals surface area contributed by atoms with Crippen molar-refractivity contribution in [2.45, 2.75) is 0 Å². The van der Waals surface area contributed by atoms with Crippen LogP contribution in [0.2, 0.25) is 0 Å². The van der Waals surface area contributed by atoms with Gasteiger partial charge in [-0.2, -0.15) is 0 Å². The molecule has 0 spiro atoms. The predicted molar refractivity (Wildman–Crippen MR) is 70.1 cm³/mol. The summed E-state index contributed by atoms with van der Waals surface area (Å²) >= 11 is 0. The fourth-order valence-electron chi connectivity index (χ4n) is 1.53. The van der Waals surface area contributed by atoms with Crippen molar-refractivity contribution in [3.8, 4) is 0 Å². The van der Waals surface area contributed by atoms with E-state index in [1.54, 1.807) is 0 Å². The van der Waals surface area contributed by atoms with Crippen molar-refractivity contribution < 1.29 is 19.0 Å². The first-order valence-electron chi connectivity index (χ1n) is 5.52. The number of benzene rings is 1. The summed E-state index contributed by atoms with van der Waals surface area (Å²) < 4.78 is 4.29. The molecular formula is C11H10N6O4. The first-order valence-corrected chi connectivity index (χ1v) is 5.52. The Bertz CT molecular complexity index is 706. The molecule has 2 rings (SSSR count). The van der Waals surface area contributed by atoms with Crippen molar-refractivity contribution in [1.29, 1.82) is 0 Å².